The standard InChI is InChI=1S/C20H23NO5S/c1-20(19(23)13-22,27(2,24)25)12-17-11-18(21-26-17)16-9-7-15(8-10-16)6-5-14-3-4-14/h7-10,14,17,22H,3-4,11-13H2,1-2H3/t17-,20-/m1/s1. The Bertz CT molecular complexity index is 919. The van der Waals surface area contributed by atoms with Crippen molar-refractivity contribution in [2.24, 2.45) is 11.1 Å². The maximum Gasteiger partial charge on any atom is 0.179 e. The SMILES string of the molecule is C[C@@](C[C@H]1CC(c2ccc(C#CC3CC3)cc2)=NO1)(C(=O)CO)S(C)(=O)=O. The molecule has 3 rings (SSSR count). The van der Waals surface area contributed by atoms with E-state index in [1.807, 2.05) is 24.3 Å². The zero-order valence-electron chi connectivity index (χ0n) is 15.4. The number of aliphatic hydroxyl groups is 1. The number of ketones is 1. The summed E-state index contributed by atoms with van der Waals surface area (Å²) in [5.74, 6) is 6.17. The molecule has 0 spiro atoms. The average molecular weight is 389 g/mol. The van der Waals surface area contributed by atoms with Crippen LogP contribution in [0.3, 0.4) is 0 Å². The van der Waals surface area contributed by atoms with Crippen LogP contribution in [0.5, 0.6) is 0 Å². The van der Waals surface area contributed by atoms with Gasteiger partial charge in [0, 0.05) is 30.6 Å². The van der Waals surface area contributed by atoms with E-state index in [0.29, 0.717) is 18.1 Å². The van der Waals surface area contributed by atoms with Crippen molar-refractivity contribution < 1.29 is 23.2 Å². The van der Waals surface area contributed by atoms with Crippen LogP contribution in [-0.2, 0) is 19.5 Å². The first kappa shape index (κ1) is 19.6. The monoisotopic (exact) mass is 389 g/mol. The summed E-state index contributed by atoms with van der Waals surface area (Å²) in [5, 5.41) is 13.2. The summed E-state index contributed by atoms with van der Waals surface area (Å²) in [6.45, 7) is 0.503. The van der Waals surface area contributed by atoms with Crippen LogP contribution < -0.4 is 0 Å². The van der Waals surface area contributed by atoms with Crippen molar-refractivity contribution in [3.8, 4) is 11.8 Å². The molecule has 2 atom stereocenters. The highest BCUT2D eigenvalue weighted by Gasteiger charge is 2.46. The van der Waals surface area contributed by atoms with Crippen molar-refractivity contribution >= 4 is 21.3 Å². The number of benzene rings is 1. The highest BCUT2D eigenvalue weighted by Crippen LogP contribution is 2.30. The van der Waals surface area contributed by atoms with Gasteiger partial charge >= 0.3 is 0 Å². The van der Waals surface area contributed by atoms with Crippen molar-refractivity contribution in [2.75, 3.05) is 12.9 Å². The second kappa shape index (κ2) is 7.45. The van der Waals surface area contributed by atoms with Gasteiger partial charge in [-0.3, -0.25) is 4.79 Å². The molecule has 27 heavy (non-hydrogen) atoms. The Morgan fingerprint density at radius 1 is 1.33 bits per heavy atom. The van der Waals surface area contributed by atoms with Gasteiger partial charge in [0.05, 0.1) is 5.71 Å². The van der Waals surface area contributed by atoms with Gasteiger partial charge < -0.3 is 9.94 Å². The predicted molar refractivity (Wildman–Crippen MR) is 102 cm³/mol. The van der Waals surface area contributed by atoms with Gasteiger partial charge in [0.15, 0.2) is 15.6 Å². The Hall–Kier alpha value is -2.17. The highest BCUT2D eigenvalue weighted by atomic mass is 32.2. The van der Waals surface area contributed by atoms with Gasteiger partial charge in [-0.2, -0.15) is 0 Å². The van der Waals surface area contributed by atoms with Crippen molar-refractivity contribution in [3.63, 3.8) is 0 Å². The maximum atomic E-state index is 12.1. The van der Waals surface area contributed by atoms with Crippen LogP contribution >= 0.6 is 0 Å². The van der Waals surface area contributed by atoms with Gasteiger partial charge in [-0.25, -0.2) is 8.42 Å². The lowest BCUT2D eigenvalue weighted by Crippen LogP contribution is -2.47. The van der Waals surface area contributed by atoms with Gasteiger partial charge in [-0.15, -0.1) is 0 Å². The van der Waals surface area contributed by atoms with Crippen LogP contribution in [0.4, 0.5) is 0 Å². The third-order valence-corrected chi connectivity index (χ3v) is 7.15. The van der Waals surface area contributed by atoms with E-state index in [4.69, 9.17) is 9.94 Å². The molecule has 0 aromatic heterocycles. The van der Waals surface area contributed by atoms with Crippen molar-refractivity contribution in [2.45, 2.75) is 43.5 Å². The number of carbonyl (C=O) groups is 1. The number of oxime groups is 1. The molecule has 2 aliphatic rings. The molecular formula is C20H23NO5S. The predicted octanol–water partition coefficient (Wildman–Crippen LogP) is 1.70. The fourth-order valence-electron chi connectivity index (χ4n) is 2.94. The first-order chi connectivity index (χ1) is 12.7. The Kier molecular flexibility index (Phi) is 5.41. The molecule has 1 saturated carbocycles. The van der Waals surface area contributed by atoms with Crippen molar-refractivity contribution in [1.29, 1.82) is 0 Å². The minimum atomic E-state index is -3.72. The summed E-state index contributed by atoms with van der Waals surface area (Å²) in [4.78, 5) is 17.4. The molecule has 6 nitrogen and oxygen atoms in total. The molecule has 0 radical (unpaired) electrons. The minimum absolute atomic E-state index is 0.0524. The maximum absolute atomic E-state index is 12.1. The van der Waals surface area contributed by atoms with E-state index in [-0.39, 0.29) is 6.42 Å². The van der Waals surface area contributed by atoms with E-state index in [2.05, 4.69) is 17.0 Å². The molecule has 0 bridgehead atoms. The largest absolute Gasteiger partial charge is 0.392 e. The Labute approximate surface area is 159 Å². The number of Topliss-reactive ketones (excluding diaryl/α,β-unsaturated/α-hetero) is 1. The lowest BCUT2D eigenvalue weighted by molar-refractivity contribution is -0.124. The van der Waals surface area contributed by atoms with E-state index in [1.54, 1.807) is 0 Å². The van der Waals surface area contributed by atoms with Crippen LogP contribution in [0, 0.1) is 17.8 Å². The number of nitrogens with zero attached hydrogens (tertiary/aromatic N) is 1. The third-order valence-electron chi connectivity index (χ3n) is 5.12. The number of hydrogen-bond acceptors (Lipinski definition) is 6. The van der Waals surface area contributed by atoms with Crippen LogP contribution in [0.1, 0.15) is 43.7 Å². The summed E-state index contributed by atoms with van der Waals surface area (Å²) in [6.07, 6.45) is 3.18. The molecule has 1 fully saturated rings. The van der Waals surface area contributed by atoms with Gasteiger partial charge in [-0.05, 0) is 37.5 Å². The zero-order valence-corrected chi connectivity index (χ0v) is 16.3. The van der Waals surface area contributed by atoms with Crippen molar-refractivity contribution in [1.82, 2.24) is 0 Å². The zero-order chi connectivity index (χ0) is 19.7. The van der Waals surface area contributed by atoms with E-state index < -0.39 is 33.1 Å². The summed E-state index contributed by atoms with van der Waals surface area (Å²) in [7, 11) is -3.72. The summed E-state index contributed by atoms with van der Waals surface area (Å²) in [6, 6.07) is 7.68. The van der Waals surface area contributed by atoms with E-state index in [1.165, 1.54) is 19.8 Å². The molecule has 1 N–H and O–H groups in total. The van der Waals surface area contributed by atoms with Crippen LogP contribution in [-0.4, -0.2) is 48.7 Å². The Morgan fingerprint density at radius 3 is 2.56 bits per heavy atom. The van der Waals surface area contributed by atoms with E-state index >= 15 is 0 Å². The van der Waals surface area contributed by atoms with Crippen molar-refractivity contribution in [3.05, 3.63) is 35.4 Å². The number of hydrogen-bond donors (Lipinski definition) is 1. The molecular weight excluding hydrogens is 366 g/mol. The topological polar surface area (TPSA) is 93.0 Å². The molecule has 1 aliphatic carbocycles. The Balaban J connectivity index is 1.67. The molecule has 0 amide bonds. The van der Waals surface area contributed by atoms with E-state index in [9.17, 15) is 13.2 Å². The number of sulfone groups is 1. The van der Waals surface area contributed by atoms with Gasteiger partial charge in [0.25, 0.3) is 0 Å². The average Bonchev–Trinajstić information content (AvgIpc) is 3.36. The molecule has 0 saturated heterocycles. The molecule has 0 unspecified atom stereocenters. The lowest BCUT2D eigenvalue weighted by Gasteiger charge is -2.27. The first-order valence-electron chi connectivity index (χ1n) is 8.91. The van der Waals surface area contributed by atoms with Gasteiger partial charge in [0.1, 0.15) is 17.5 Å². The van der Waals surface area contributed by atoms with Crippen LogP contribution in [0.15, 0.2) is 29.4 Å². The van der Waals surface area contributed by atoms with Gasteiger partial charge in [-0.1, -0.05) is 29.1 Å². The second-order valence-electron chi connectivity index (χ2n) is 7.38. The van der Waals surface area contributed by atoms with Crippen LogP contribution in [0.25, 0.3) is 0 Å². The molecule has 144 valence electrons. The van der Waals surface area contributed by atoms with Gasteiger partial charge in [0.2, 0.25) is 0 Å². The first-order valence-corrected chi connectivity index (χ1v) is 10.8. The second-order valence-corrected chi connectivity index (χ2v) is 9.82. The Morgan fingerprint density at radius 2 is 2.00 bits per heavy atom. The molecule has 7 heteroatoms. The smallest absolute Gasteiger partial charge is 0.179 e. The molecule has 1 aromatic rings. The lowest BCUT2D eigenvalue weighted by atomic mass is 9.94. The minimum Gasteiger partial charge on any atom is -0.392 e. The number of aliphatic hydroxyl groups excluding tert-OH is 1. The highest BCUT2D eigenvalue weighted by molar-refractivity contribution is 7.92. The molecule has 1 heterocycles. The third kappa shape index (κ3) is 4.40. The van der Waals surface area contributed by atoms with Crippen LogP contribution in [0.2, 0.25) is 0 Å². The molecule has 1 aliphatic heterocycles. The fraction of sp³-hybridized carbons (Fsp3) is 0.500. The summed E-state index contributed by atoms with van der Waals surface area (Å²) >= 11 is 0. The summed E-state index contributed by atoms with van der Waals surface area (Å²) < 4.78 is 22.5. The molecule has 1 aromatic carbocycles. The number of rotatable bonds is 6. The number of carbonyl (C=O) groups excluding carboxylic acids is 1. The fourth-order valence-corrected chi connectivity index (χ4v) is 3.91. The summed E-state index contributed by atoms with van der Waals surface area (Å²) in [5.41, 5.74) is 2.53. The van der Waals surface area contributed by atoms with E-state index in [0.717, 1.165) is 17.4 Å². The normalized spacial score (nSPS) is 21.4. The quantitative estimate of drug-likeness (QED) is 0.748.